The van der Waals surface area contributed by atoms with Crippen LogP contribution in [0, 0.1) is 11.6 Å². The van der Waals surface area contributed by atoms with Crippen LogP contribution in [-0.2, 0) is 12.1 Å². The summed E-state index contributed by atoms with van der Waals surface area (Å²) in [6.07, 6.45) is 2.78. The van der Waals surface area contributed by atoms with Gasteiger partial charge in [0.1, 0.15) is 29.9 Å². The fourth-order valence-electron chi connectivity index (χ4n) is 2.41. The van der Waals surface area contributed by atoms with Gasteiger partial charge in [-0.05, 0) is 19.9 Å². The molecule has 0 radical (unpaired) electrons. The summed E-state index contributed by atoms with van der Waals surface area (Å²) in [4.78, 5) is 3.84. The fourth-order valence-corrected chi connectivity index (χ4v) is 3.45. The van der Waals surface area contributed by atoms with Crippen molar-refractivity contribution in [2.75, 3.05) is 12.3 Å². The van der Waals surface area contributed by atoms with Gasteiger partial charge in [0.2, 0.25) is 0 Å². The molecule has 2 aromatic rings. The van der Waals surface area contributed by atoms with Gasteiger partial charge in [-0.15, -0.1) is 0 Å². The minimum Gasteiger partial charge on any atom is -0.382 e. The number of nitrogens with two attached hydrogens (primary N) is 1. The third-order valence-corrected chi connectivity index (χ3v) is 5.31. The van der Waals surface area contributed by atoms with E-state index in [0.29, 0.717) is 12.3 Å². The zero-order chi connectivity index (χ0) is 17.1. The molecule has 1 aromatic carbocycles. The molecule has 0 saturated heterocycles. The van der Waals surface area contributed by atoms with Crippen molar-refractivity contribution >= 4 is 11.8 Å². The second kappa shape index (κ2) is 6.94. The number of hydrogen-bond donors (Lipinski definition) is 2. The second-order valence-corrected chi connectivity index (χ2v) is 7.44. The van der Waals surface area contributed by atoms with Gasteiger partial charge in [-0.3, -0.25) is 0 Å². The number of aliphatic hydroxyl groups is 1. The van der Waals surface area contributed by atoms with E-state index < -0.39 is 22.0 Å². The van der Waals surface area contributed by atoms with E-state index in [4.69, 9.17) is 5.73 Å². The van der Waals surface area contributed by atoms with Crippen LogP contribution in [0.3, 0.4) is 0 Å². The normalized spacial score (nSPS) is 14.7. The van der Waals surface area contributed by atoms with Crippen molar-refractivity contribution in [3.8, 4) is 0 Å². The monoisotopic (exact) mass is 342 g/mol. The van der Waals surface area contributed by atoms with E-state index in [1.54, 1.807) is 13.8 Å². The van der Waals surface area contributed by atoms with Crippen LogP contribution in [0.4, 0.5) is 8.78 Å². The summed E-state index contributed by atoms with van der Waals surface area (Å²) < 4.78 is 28.2. The van der Waals surface area contributed by atoms with Crippen LogP contribution < -0.4 is 5.73 Å². The molecule has 0 spiro atoms. The maximum absolute atomic E-state index is 14.3. The molecule has 1 atom stereocenters. The Kier molecular flexibility index (Phi) is 5.38. The van der Waals surface area contributed by atoms with Crippen molar-refractivity contribution < 1.29 is 13.9 Å². The zero-order valence-electron chi connectivity index (χ0n) is 13.0. The molecule has 23 heavy (non-hydrogen) atoms. The van der Waals surface area contributed by atoms with Gasteiger partial charge in [0.15, 0.2) is 0 Å². The standard InChI is InChI=1S/C15H20F2N4OS/c1-14(2,23-6-5-18)15(22,8-21-10-19-9-20-21)12-4-3-11(16)7-13(12)17/h3-4,7,9-10,22H,5-6,8,18H2,1-2H3. The zero-order valence-corrected chi connectivity index (χ0v) is 13.9. The van der Waals surface area contributed by atoms with Crippen molar-refractivity contribution in [2.45, 2.75) is 30.7 Å². The number of halogens is 2. The Morgan fingerprint density at radius 2 is 2.09 bits per heavy atom. The highest BCUT2D eigenvalue weighted by molar-refractivity contribution is 8.00. The Morgan fingerprint density at radius 1 is 1.35 bits per heavy atom. The number of thioether (sulfide) groups is 1. The average molecular weight is 342 g/mol. The van der Waals surface area contributed by atoms with Crippen LogP contribution in [0.2, 0.25) is 0 Å². The van der Waals surface area contributed by atoms with E-state index in [-0.39, 0.29) is 12.1 Å². The summed E-state index contributed by atoms with van der Waals surface area (Å²) in [5.74, 6) is -0.897. The van der Waals surface area contributed by atoms with E-state index in [1.807, 2.05) is 0 Å². The maximum atomic E-state index is 14.3. The number of rotatable bonds is 7. The lowest BCUT2D eigenvalue weighted by Crippen LogP contribution is -2.49. The first-order chi connectivity index (χ1) is 10.8. The van der Waals surface area contributed by atoms with Crippen LogP contribution >= 0.6 is 11.8 Å². The van der Waals surface area contributed by atoms with Crippen molar-refractivity contribution in [3.63, 3.8) is 0 Å². The van der Waals surface area contributed by atoms with Crippen LogP contribution in [0.5, 0.6) is 0 Å². The summed E-state index contributed by atoms with van der Waals surface area (Å²) >= 11 is 1.42. The maximum Gasteiger partial charge on any atom is 0.137 e. The second-order valence-electron chi connectivity index (χ2n) is 5.72. The smallest absolute Gasteiger partial charge is 0.137 e. The van der Waals surface area contributed by atoms with Gasteiger partial charge < -0.3 is 10.8 Å². The fraction of sp³-hybridized carbons (Fsp3) is 0.467. The van der Waals surface area contributed by atoms with Gasteiger partial charge in [0.25, 0.3) is 0 Å². The van der Waals surface area contributed by atoms with Gasteiger partial charge in [0, 0.05) is 28.7 Å². The Balaban J connectivity index is 2.49. The van der Waals surface area contributed by atoms with Crippen LogP contribution in [-0.4, -0.2) is 36.9 Å². The molecule has 8 heteroatoms. The lowest BCUT2D eigenvalue weighted by Gasteiger charge is -2.42. The highest BCUT2D eigenvalue weighted by Gasteiger charge is 2.47. The molecule has 0 fully saturated rings. The Bertz CT molecular complexity index is 651. The predicted molar refractivity (Wildman–Crippen MR) is 85.9 cm³/mol. The van der Waals surface area contributed by atoms with E-state index in [9.17, 15) is 13.9 Å². The summed E-state index contributed by atoms with van der Waals surface area (Å²) in [7, 11) is 0. The lowest BCUT2D eigenvalue weighted by atomic mass is 9.82. The van der Waals surface area contributed by atoms with Gasteiger partial charge >= 0.3 is 0 Å². The number of nitrogens with zero attached hydrogens (tertiary/aromatic N) is 3. The molecule has 126 valence electrons. The lowest BCUT2D eigenvalue weighted by molar-refractivity contribution is -0.0169. The summed E-state index contributed by atoms with van der Waals surface area (Å²) in [6, 6.07) is 3.17. The van der Waals surface area contributed by atoms with Crippen LogP contribution in [0.15, 0.2) is 30.9 Å². The predicted octanol–water partition coefficient (Wildman–Crippen LogP) is 1.91. The molecule has 1 aromatic heterocycles. The van der Waals surface area contributed by atoms with Gasteiger partial charge in [-0.2, -0.15) is 16.9 Å². The number of hydrogen-bond acceptors (Lipinski definition) is 5. The van der Waals surface area contributed by atoms with Crippen molar-refractivity contribution in [3.05, 3.63) is 48.1 Å². The Morgan fingerprint density at radius 3 is 2.65 bits per heavy atom. The minimum atomic E-state index is -1.63. The SMILES string of the molecule is CC(C)(SCCN)C(O)(Cn1cncn1)c1ccc(F)cc1F. The first-order valence-corrected chi connectivity index (χ1v) is 8.13. The van der Waals surface area contributed by atoms with Crippen molar-refractivity contribution in [1.29, 1.82) is 0 Å². The number of benzene rings is 1. The first-order valence-electron chi connectivity index (χ1n) is 7.14. The van der Waals surface area contributed by atoms with E-state index in [0.717, 1.165) is 12.1 Å². The molecule has 2 rings (SSSR count). The van der Waals surface area contributed by atoms with Gasteiger partial charge in [0.05, 0.1) is 6.54 Å². The van der Waals surface area contributed by atoms with Gasteiger partial charge in [-0.25, -0.2) is 18.4 Å². The van der Waals surface area contributed by atoms with E-state index in [2.05, 4.69) is 10.1 Å². The highest BCUT2D eigenvalue weighted by Crippen LogP contribution is 2.44. The van der Waals surface area contributed by atoms with Crippen molar-refractivity contribution in [1.82, 2.24) is 14.8 Å². The highest BCUT2D eigenvalue weighted by atomic mass is 32.2. The topological polar surface area (TPSA) is 77.0 Å². The molecule has 5 nitrogen and oxygen atoms in total. The Labute approximate surface area is 137 Å². The number of aromatic nitrogens is 3. The molecule has 0 amide bonds. The van der Waals surface area contributed by atoms with Gasteiger partial charge in [-0.1, -0.05) is 6.07 Å². The summed E-state index contributed by atoms with van der Waals surface area (Å²) in [6.45, 7) is 4.01. The molecule has 0 aliphatic rings. The molecule has 1 unspecified atom stereocenters. The third kappa shape index (κ3) is 3.70. The first kappa shape index (κ1) is 17.8. The molecule has 1 heterocycles. The van der Waals surface area contributed by atoms with E-state index >= 15 is 0 Å². The van der Waals surface area contributed by atoms with E-state index in [1.165, 1.54) is 35.2 Å². The molecular weight excluding hydrogens is 322 g/mol. The molecular formula is C15H20F2N4OS. The molecule has 3 N–H and O–H groups in total. The van der Waals surface area contributed by atoms with Crippen LogP contribution in [0.1, 0.15) is 19.4 Å². The molecule has 0 bridgehead atoms. The minimum absolute atomic E-state index is 0.0138. The van der Waals surface area contributed by atoms with Crippen LogP contribution in [0.25, 0.3) is 0 Å². The molecule has 0 aliphatic carbocycles. The molecule has 0 aliphatic heterocycles. The summed E-state index contributed by atoms with van der Waals surface area (Å²) in [5, 5.41) is 15.4. The Hall–Kier alpha value is -1.51. The molecule has 0 saturated carbocycles. The largest absolute Gasteiger partial charge is 0.382 e. The quantitative estimate of drug-likeness (QED) is 0.804. The summed E-state index contributed by atoms with van der Waals surface area (Å²) in [5.41, 5.74) is 3.94. The average Bonchev–Trinajstić information content (AvgIpc) is 2.97. The van der Waals surface area contributed by atoms with Crippen molar-refractivity contribution in [2.24, 2.45) is 5.73 Å². The third-order valence-electron chi connectivity index (χ3n) is 3.81.